The standard InChI is InChI=1S/C59H70ClFN10O9S/c1-7-35-9-8-10-37-21-40(72)23-43(48(35)37)50-49(61)51-44(25-62-50)54(69-26-38-12-13-39(27-69)71(38)58(77)78)67-57(66-51)80-20-19-68-17-15-34(16-18-68)29-79-30-47(74)65-53(59(4,5)6)56(76)70-28-41(73)24-46(70)55(75)64-32(2)36-11-14-42(45(60)22-36)52-33(3)63-31-81-52/h8-11,14,21-23,25,31-32,34,38-39,41,46,53,72-73H,7,12-13,15-20,24,26-30H2,1-6H3,(H,64,75)(H,65,74)(H,77,78)/t32?,38-,39+,41-,46+,53?/m1/s1. The van der Waals surface area contributed by atoms with Crippen molar-refractivity contribution in [2.75, 3.05) is 64.0 Å². The molecular formula is C59H70ClFN10O9S. The topological polar surface area (TPSA) is 236 Å². The lowest BCUT2D eigenvalue weighted by molar-refractivity contribution is -0.144. The number of amides is 4. The van der Waals surface area contributed by atoms with Crippen LogP contribution in [0.1, 0.15) is 89.6 Å². The number of phenols is 1. The summed E-state index contributed by atoms with van der Waals surface area (Å²) in [4.78, 5) is 80.3. The van der Waals surface area contributed by atoms with Gasteiger partial charge in [-0.3, -0.25) is 29.2 Å². The number of halogens is 2. The predicted octanol–water partition coefficient (Wildman–Crippen LogP) is 8.15. The van der Waals surface area contributed by atoms with Crippen LogP contribution in [0.3, 0.4) is 0 Å². The summed E-state index contributed by atoms with van der Waals surface area (Å²) in [7, 11) is 0. The highest BCUT2D eigenvalue weighted by molar-refractivity contribution is 7.13. The molecule has 2 unspecified atom stereocenters. The number of nitrogens with one attached hydrogen (secondary N) is 2. The SMILES string of the molecule is CCc1cccc2cc(O)cc(-c3ncc4c(N5C[C@H]6CC[C@@H](C5)N6C(=O)O)nc(OCCN5CCC(COCC(=O)NC(C(=O)N6C[C@H](O)C[C@H]6C(=O)NC(C)c6ccc(-c7scnc7C)c(Cl)c6)C(C)(C)C)CC5)nc4c3F)c12. The van der Waals surface area contributed by atoms with Crippen molar-refractivity contribution < 1.29 is 48.4 Å². The highest BCUT2D eigenvalue weighted by Crippen LogP contribution is 2.41. The molecule has 3 aromatic heterocycles. The number of aromatic nitrogens is 4. The van der Waals surface area contributed by atoms with Crippen molar-refractivity contribution in [3.63, 3.8) is 0 Å². The fourth-order valence-corrected chi connectivity index (χ4v) is 13.3. The number of nitrogens with zero attached hydrogens (tertiary/aromatic N) is 8. The van der Waals surface area contributed by atoms with E-state index in [1.54, 1.807) is 17.8 Å². The van der Waals surface area contributed by atoms with E-state index in [0.717, 1.165) is 64.0 Å². The van der Waals surface area contributed by atoms with Crippen molar-refractivity contribution >= 4 is 74.2 Å². The van der Waals surface area contributed by atoms with Gasteiger partial charge >= 0.3 is 12.1 Å². The Morgan fingerprint density at radius 2 is 1.72 bits per heavy atom. The summed E-state index contributed by atoms with van der Waals surface area (Å²) in [6, 6.07) is 11.6. The first-order chi connectivity index (χ1) is 38.8. The average molecular weight is 1150 g/mol. The molecule has 0 radical (unpaired) electrons. The number of carbonyl (C=O) groups excluding carboxylic acids is 3. The van der Waals surface area contributed by atoms with Crippen molar-refractivity contribution in [2.45, 2.75) is 116 Å². The number of rotatable bonds is 17. The number of aliphatic hydroxyl groups excluding tert-OH is 1. The van der Waals surface area contributed by atoms with Gasteiger partial charge in [0.05, 0.1) is 52.3 Å². The molecular weight excluding hydrogens is 1080 g/mol. The van der Waals surface area contributed by atoms with Crippen molar-refractivity contribution in [3.8, 4) is 33.5 Å². The number of β-amino-alcohol motifs (C(OH)–C–C–N with tert-alkyl or cyclic N) is 1. The summed E-state index contributed by atoms with van der Waals surface area (Å²) >= 11 is 8.19. The minimum absolute atomic E-state index is 0.00636. The highest BCUT2D eigenvalue weighted by atomic mass is 35.5. The number of piperazine rings is 1. The predicted molar refractivity (Wildman–Crippen MR) is 307 cm³/mol. The van der Waals surface area contributed by atoms with Gasteiger partial charge in [-0.2, -0.15) is 9.97 Å². The number of hydrogen-bond acceptors (Lipinski definition) is 15. The van der Waals surface area contributed by atoms with Gasteiger partial charge in [0.15, 0.2) is 5.82 Å². The minimum Gasteiger partial charge on any atom is -0.508 e. The highest BCUT2D eigenvalue weighted by Gasteiger charge is 2.46. The van der Waals surface area contributed by atoms with Gasteiger partial charge in [0, 0.05) is 54.9 Å². The molecule has 7 heterocycles. The summed E-state index contributed by atoms with van der Waals surface area (Å²) in [5.41, 5.74) is 4.96. The van der Waals surface area contributed by atoms with Gasteiger partial charge in [-0.05, 0) is 110 Å². The third-order valence-corrected chi connectivity index (χ3v) is 17.7. The number of thiazole rings is 1. The van der Waals surface area contributed by atoms with Crippen LogP contribution in [-0.2, 0) is 25.5 Å². The van der Waals surface area contributed by atoms with Crippen molar-refractivity contribution in [3.05, 3.63) is 87.9 Å². The summed E-state index contributed by atoms with van der Waals surface area (Å²) < 4.78 is 29.4. The number of ether oxygens (including phenoxy) is 2. The number of pyridine rings is 1. The number of carbonyl (C=O) groups is 4. The summed E-state index contributed by atoms with van der Waals surface area (Å²) in [5.74, 6) is -1.49. The number of carboxylic acid groups (broad SMARTS) is 1. The van der Waals surface area contributed by atoms with Crippen LogP contribution in [0.2, 0.25) is 5.02 Å². The van der Waals surface area contributed by atoms with Crippen LogP contribution < -0.4 is 20.3 Å². The first-order valence-electron chi connectivity index (χ1n) is 27.8. The van der Waals surface area contributed by atoms with Gasteiger partial charge in [0.25, 0.3) is 0 Å². The van der Waals surface area contributed by atoms with E-state index in [0.29, 0.717) is 67.3 Å². The summed E-state index contributed by atoms with van der Waals surface area (Å²) in [6.07, 6.45) is 3.40. The van der Waals surface area contributed by atoms with Gasteiger partial charge in [-0.1, -0.05) is 69.6 Å². The molecule has 0 spiro atoms. The molecule has 4 amide bonds. The molecule has 19 nitrogen and oxygen atoms in total. The van der Waals surface area contributed by atoms with E-state index >= 15 is 4.39 Å². The molecule has 4 saturated heterocycles. The van der Waals surface area contributed by atoms with Crippen LogP contribution in [0.5, 0.6) is 11.8 Å². The number of fused-ring (bicyclic) bond motifs is 4. The van der Waals surface area contributed by atoms with E-state index in [4.69, 9.17) is 26.1 Å². The van der Waals surface area contributed by atoms with Crippen molar-refractivity contribution in [1.29, 1.82) is 0 Å². The molecule has 4 fully saturated rings. The Kier molecular flexibility index (Phi) is 17.0. The lowest BCUT2D eigenvalue weighted by atomic mass is 9.85. The van der Waals surface area contributed by atoms with Gasteiger partial charge < -0.3 is 45.2 Å². The number of hydrogen-bond donors (Lipinski definition) is 5. The first-order valence-corrected chi connectivity index (χ1v) is 29.1. The number of benzene rings is 3. The number of piperidine rings is 1. The Labute approximate surface area is 478 Å². The van der Waals surface area contributed by atoms with E-state index in [1.807, 2.05) is 82.8 Å². The number of aromatic hydroxyl groups is 1. The molecule has 4 aliphatic rings. The molecule has 6 atom stereocenters. The maximum absolute atomic E-state index is 17.2. The number of aryl methyl sites for hydroxylation is 2. The Bertz CT molecular complexity index is 3340. The van der Waals surface area contributed by atoms with Crippen molar-refractivity contribution in [2.24, 2.45) is 11.3 Å². The molecule has 6 aromatic rings. The second-order valence-corrected chi connectivity index (χ2v) is 24.3. The number of likely N-dealkylation sites (tertiary alicyclic amines) is 2. The largest absolute Gasteiger partial charge is 0.508 e. The Morgan fingerprint density at radius 1 is 0.963 bits per heavy atom. The van der Waals surface area contributed by atoms with E-state index in [2.05, 4.69) is 30.5 Å². The normalized spacial score (nSPS) is 20.5. The fraction of sp³-hybridized carbons (Fsp3) is 0.492. The Balaban J connectivity index is 0.736. The second-order valence-electron chi connectivity index (χ2n) is 23.0. The number of phenolic OH excluding ortho intramolecular Hbond substituents is 1. The van der Waals surface area contributed by atoms with E-state index < -0.39 is 59.3 Å². The van der Waals surface area contributed by atoms with E-state index in [9.17, 15) is 34.5 Å². The molecule has 4 aliphatic heterocycles. The van der Waals surface area contributed by atoms with Crippen LogP contribution in [-0.4, -0.2) is 163 Å². The minimum atomic E-state index is -1.01. The zero-order chi connectivity index (χ0) is 57.4. The average Bonchev–Trinajstić information content (AvgIpc) is 4.16. The van der Waals surface area contributed by atoms with Crippen LogP contribution in [0, 0.1) is 24.1 Å². The number of anilines is 1. The lowest BCUT2D eigenvalue weighted by Crippen LogP contribution is -2.58. The van der Waals surface area contributed by atoms with Crippen LogP contribution >= 0.6 is 22.9 Å². The molecule has 10 rings (SSSR count). The molecule has 22 heteroatoms. The molecule has 0 saturated carbocycles. The fourth-order valence-electron chi connectivity index (χ4n) is 12.1. The van der Waals surface area contributed by atoms with Gasteiger partial charge in [-0.15, -0.1) is 11.3 Å². The maximum atomic E-state index is 17.2. The van der Waals surface area contributed by atoms with Crippen LogP contribution in [0.25, 0.3) is 43.4 Å². The molecule has 0 aliphatic carbocycles. The first kappa shape index (κ1) is 57.5. The summed E-state index contributed by atoms with van der Waals surface area (Å²) in [6.45, 7) is 14.2. The molecule has 3 aromatic carbocycles. The third-order valence-electron chi connectivity index (χ3n) is 16.4. The second kappa shape index (κ2) is 24.0. The van der Waals surface area contributed by atoms with Gasteiger partial charge in [-0.25, -0.2) is 14.2 Å². The molecule has 2 bridgehead atoms. The van der Waals surface area contributed by atoms with E-state index in [1.165, 1.54) is 27.2 Å². The maximum Gasteiger partial charge on any atom is 0.407 e. The van der Waals surface area contributed by atoms with Crippen LogP contribution in [0.4, 0.5) is 15.0 Å². The van der Waals surface area contributed by atoms with Crippen LogP contribution in [0.15, 0.2) is 60.2 Å². The van der Waals surface area contributed by atoms with Gasteiger partial charge in [0.1, 0.15) is 48.1 Å². The molecule has 81 heavy (non-hydrogen) atoms. The zero-order valence-electron chi connectivity index (χ0n) is 46.5. The van der Waals surface area contributed by atoms with E-state index in [-0.39, 0.29) is 67.2 Å². The molecule has 430 valence electrons. The quantitative estimate of drug-likeness (QED) is 0.0580. The number of aliphatic hydroxyl groups is 1. The Morgan fingerprint density at radius 3 is 2.40 bits per heavy atom. The molecule has 5 N–H and O–H groups in total. The summed E-state index contributed by atoms with van der Waals surface area (Å²) in [5, 5.41) is 39.8. The van der Waals surface area contributed by atoms with Gasteiger partial charge in [0.2, 0.25) is 17.7 Å². The lowest BCUT2D eigenvalue weighted by Gasteiger charge is -2.40. The smallest absolute Gasteiger partial charge is 0.407 e. The Hall–Kier alpha value is -6.78. The third kappa shape index (κ3) is 12.2. The van der Waals surface area contributed by atoms with Crippen molar-refractivity contribution in [1.82, 2.24) is 45.3 Å². The monoisotopic (exact) mass is 1150 g/mol. The zero-order valence-corrected chi connectivity index (χ0v) is 48.0.